The third-order valence-electron chi connectivity index (χ3n) is 2.51. The Kier molecular flexibility index (Phi) is 3.90. The Hall–Kier alpha value is -2.96. The summed E-state index contributed by atoms with van der Waals surface area (Å²) >= 11 is 0. The van der Waals surface area contributed by atoms with Crippen LogP contribution >= 0.6 is 0 Å². The molecule has 0 atom stereocenters. The van der Waals surface area contributed by atoms with Crippen LogP contribution in [0.3, 0.4) is 0 Å². The van der Waals surface area contributed by atoms with Crippen LogP contribution in [0.2, 0.25) is 0 Å². The van der Waals surface area contributed by atoms with Gasteiger partial charge in [-0.25, -0.2) is 9.78 Å². The van der Waals surface area contributed by atoms with Crippen LogP contribution in [0.4, 0.5) is 5.69 Å². The number of carboxylic acid groups (broad SMARTS) is 1. The maximum atomic E-state index is 12.1. The molecule has 0 saturated carbocycles. The number of aromatic carboxylic acids is 1. The van der Waals surface area contributed by atoms with Crippen molar-refractivity contribution in [1.82, 2.24) is 9.97 Å². The second-order valence-corrected chi connectivity index (χ2v) is 3.74. The summed E-state index contributed by atoms with van der Waals surface area (Å²) in [4.78, 5) is 30.9. The van der Waals surface area contributed by atoms with Crippen molar-refractivity contribution >= 4 is 17.6 Å². The number of carboxylic acids is 1. The summed E-state index contributed by atoms with van der Waals surface area (Å²) in [5.41, 5.74) is 0.266. The molecule has 2 rings (SSSR count). The lowest BCUT2D eigenvalue weighted by atomic mass is 10.2. The molecule has 1 amide bonds. The van der Waals surface area contributed by atoms with E-state index < -0.39 is 11.9 Å². The second-order valence-electron chi connectivity index (χ2n) is 3.74. The van der Waals surface area contributed by atoms with Gasteiger partial charge in [-0.3, -0.25) is 9.78 Å². The van der Waals surface area contributed by atoms with Crippen LogP contribution in [0, 0.1) is 0 Å². The number of amides is 1. The predicted octanol–water partition coefficient (Wildman–Crippen LogP) is 1.44. The number of aromatic nitrogens is 2. The van der Waals surface area contributed by atoms with Gasteiger partial charge in [0.05, 0.1) is 24.6 Å². The van der Waals surface area contributed by atoms with E-state index in [-0.39, 0.29) is 22.7 Å². The van der Waals surface area contributed by atoms with Gasteiger partial charge in [0.25, 0.3) is 5.91 Å². The molecule has 7 nitrogen and oxygen atoms in total. The zero-order valence-corrected chi connectivity index (χ0v) is 10.5. The minimum Gasteiger partial charge on any atom is -0.480 e. The zero-order valence-electron chi connectivity index (χ0n) is 10.5. The summed E-state index contributed by atoms with van der Waals surface area (Å²) in [5.74, 6) is -1.52. The normalized spacial score (nSPS) is 9.85. The molecule has 0 spiro atoms. The first-order valence-electron chi connectivity index (χ1n) is 5.61. The van der Waals surface area contributed by atoms with E-state index in [1.165, 1.54) is 37.8 Å². The number of hydrogen-bond donors (Lipinski definition) is 2. The number of nitrogens with zero attached hydrogens (tertiary/aromatic N) is 2. The Morgan fingerprint density at radius 3 is 2.75 bits per heavy atom. The van der Waals surface area contributed by atoms with E-state index in [9.17, 15) is 9.59 Å². The number of carbonyl (C=O) groups is 2. The van der Waals surface area contributed by atoms with Crippen LogP contribution in [0.25, 0.3) is 0 Å². The standard InChI is InChI=1S/C13H11N3O4/c1-20-12-9(3-2-5-15-12)11(17)16-10-7-14-6-4-8(10)13(18)19/h2-7H,1H3,(H,16,17)(H,18,19). The summed E-state index contributed by atoms with van der Waals surface area (Å²) in [7, 11) is 1.39. The molecule has 102 valence electrons. The van der Waals surface area contributed by atoms with E-state index in [0.717, 1.165) is 0 Å². The van der Waals surface area contributed by atoms with Gasteiger partial charge in [-0.2, -0.15) is 0 Å². The van der Waals surface area contributed by atoms with Gasteiger partial charge >= 0.3 is 5.97 Å². The highest BCUT2D eigenvalue weighted by atomic mass is 16.5. The SMILES string of the molecule is COc1ncccc1C(=O)Nc1cnccc1C(=O)O. The Labute approximate surface area is 114 Å². The molecule has 2 aromatic rings. The van der Waals surface area contributed by atoms with Gasteiger partial charge in [-0.1, -0.05) is 0 Å². The number of pyridine rings is 2. The van der Waals surface area contributed by atoms with E-state index in [2.05, 4.69) is 15.3 Å². The van der Waals surface area contributed by atoms with Crippen molar-refractivity contribution < 1.29 is 19.4 Å². The second kappa shape index (κ2) is 5.79. The Morgan fingerprint density at radius 2 is 2.05 bits per heavy atom. The zero-order chi connectivity index (χ0) is 14.5. The fraction of sp³-hybridized carbons (Fsp3) is 0.0769. The van der Waals surface area contributed by atoms with Crippen LogP contribution < -0.4 is 10.1 Å². The Morgan fingerprint density at radius 1 is 1.25 bits per heavy atom. The van der Waals surface area contributed by atoms with Gasteiger partial charge in [0.1, 0.15) is 5.56 Å². The molecule has 0 saturated heterocycles. The van der Waals surface area contributed by atoms with Crippen molar-refractivity contribution in [3.8, 4) is 5.88 Å². The number of hydrogen-bond acceptors (Lipinski definition) is 5. The van der Waals surface area contributed by atoms with E-state index in [1.54, 1.807) is 6.07 Å². The molecule has 0 aromatic carbocycles. The predicted molar refractivity (Wildman–Crippen MR) is 69.9 cm³/mol. The van der Waals surface area contributed by atoms with Crippen molar-refractivity contribution in [2.24, 2.45) is 0 Å². The van der Waals surface area contributed by atoms with Crippen LogP contribution in [-0.4, -0.2) is 34.1 Å². The van der Waals surface area contributed by atoms with Gasteiger partial charge in [-0.05, 0) is 18.2 Å². The molecule has 0 aliphatic carbocycles. The average Bonchev–Trinajstić information content (AvgIpc) is 2.47. The Bertz CT molecular complexity index is 658. The fourth-order valence-corrected chi connectivity index (χ4v) is 1.60. The van der Waals surface area contributed by atoms with E-state index in [0.29, 0.717) is 0 Å². The first-order chi connectivity index (χ1) is 9.63. The van der Waals surface area contributed by atoms with Gasteiger partial charge in [0, 0.05) is 12.4 Å². The third kappa shape index (κ3) is 2.72. The lowest BCUT2D eigenvalue weighted by molar-refractivity contribution is 0.0698. The van der Waals surface area contributed by atoms with Crippen molar-refractivity contribution in [3.05, 3.63) is 47.9 Å². The minimum absolute atomic E-state index is 0.0452. The lowest BCUT2D eigenvalue weighted by Gasteiger charge is -2.09. The number of nitrogens with one attached hydrogen (secondary N) is 1. The molecule has 0 fully saturated rings. The quantitative estimate of drug-likeness (QED) is 0.873. The summed E-state index contributed by atoms with van der Waals surface area (Å²) < 4.78 is 4.98. The van der Waals surface area contributed by atoms with Crippen LogP contribution in [0.15, 0.2) is 36.8 Å². The summed E-state index contributed by atoms with van der Waals surface area (Å²) in [6.07, 6.45) is 4.09. The molecular formula is C13H11N3O4. The highest BCUT2D eigenvalue weighted by Gasteiger charge is 2.16. The highest BCUT2D eigenvalue weighted by Crippen LogP contribution is 2.18. The molecule has 0 bridgehead atoms. The van der Waals surface area contributed by atoms with Crippen LogP contribution in [0.5, 0.6) is 5.88 Å². The molecule has 20 heavy (non-hydrogen) atoms. The molecule has 2 aromatic heterocycles. The minimum atomic E-state index is -1.15. The van der Waals surface area contributed by atoms with Crippen molar-refractivity contribution in [2.75, 3.05) is 12.4 Å². The number of carbonyl (C=O) groups excluding carboxylic acids is 1. The van der Waals surface area contributed by atoms with Gasteiger partial charge < -0.3 is 15.2 Å². The molecule has 7 heteroatoms. The molecule has 0 aliphatic heterocycles. The monoisotopic (exact) mass is 273 g/mol. The third-order valence-corrected chi connectivity index (χ3v) is 2.51. The smallest absolute Gasteiger partial charge is 0.337 e. The lowest BCUT2D eigenvalue weighted by Crippen LogP contribution is -2.16. The van der Waals surface area contributed by atoms with E-state index in [1.807, 2.05) is 0 Å². The van der Waals surface area contributed by atoms with Gasteiger partial charge in [0.15, 0.2) is 0 Å². The maximum Gasteiger partial charge on any atom is 0.337 e. The fourth-order valence-electron chi connectivity index (χ4n) is 1.60. The number of anilines is 1. The van der Waals surface area contributed by atoms with Gasteiger partial charge in [0.2, 0.25) is 5.88 Å². The topological polar surface area (TPSA) is 101 Å². The highest BCUT2D eigenvalue weighted by molar-refractivity contribution is 6.08. The maximum absolute atomic E-state index is 12.1. The number of rotatable bonds is 4. The van der Waals surface area contributed by atoms with Crippen molar-refractivity contribution in [1.29, 1.82) is 0 Å². The Balaban J connectivity index is 2.31. The number of ether oxygens (including phenoxy) is 1. The number of methoxy groups -OCH3 is 1. The molecule has 0 unspecified atom stereocenters. The van der Waals surface area contributed by atoms with E-state index in [4.69, 9.17) is 9.84 Å². The van der Waals surface area contributed by atoms with Crippen LogP contribution in [-0.2, 0) is 0 Å². The molecule has 2 heterocycles. The summed E-state index contributed by atoms with van der Waals surface area (Å²) in [6.45, 7) is 0. The molecule has 0 aliphatic rings. The first kappa shape index (κ1) is 13.5. The summed E-state index contributed by atoms with van der Waals surface area (Å²) in [5, 5.41) is 11.5. The largest absolute Gasteiger partial charge is 0.480 e. The molecule has 0 radical (unpaired) electrons. The molecule has 2 N–H and O–H groups in total. The van der Waals surface area contributed by atoms with Crippen molar-refractivity contribution in [2.45, 2.75) is 0 Å². The van der Waals surface area contributed by atoms with Gasteiger partial charge in [-0.15, -0.1) is 0 Å². The first-order valence-corrected chi connectivity index (χ1v) is 5.61. The molecular weight excluding hydrogens is 262 g/mol. The average molecular weight is 273 g/mol. The summed E-state index contributed by atoms with van der Waals surface area (Å²) in [6, 6.07) is 4.41. The van der Waals surface area contributed by atoms with Crippen LogP contribution in [0.1, 0.15) is 20.7 Å². The van der Waals surface area contributed by atoms with Crippen molar-refractivity contribution in [3.63, 3.8) is 0 Å². The van der Waals surface area contributed by atoms with E-state index >= 15 is 0 Å².